The first-order valence-electron chi connectivity index (χ1n) is 6.85. The van der Waals surface area contributed by atoms with Crippen LogP contribution in [0.15, 0.2) is 54.6 Å². The topological polar surface area (TPSA) is 52.3 Å². The summed E-state index contributed by atoms with van der Waals surface area (Å²) in [6, 6.07) is 17.1. The molecule has 1 aliphatic carbocycles. The number of carbonyl (C=O) groups is 1. The second-order valence-electron chi connectivity index (χ2n) is 5.23. The summed E-state index contributed by atoms with van der Waals surface area (Å²) in [5.41, 5.74) is 6.46. The van der Waals surface area contributed by atoms with E-state index in [9.17, 15) is 4.79 Å². The van der Waals surface area contributed by atoms with Gasteiger partial charge in [-0.05, 0) is 49.2 Å². The van der Waals surface area contributed by atoms with Crippen molar-refractivity contribution in [3.8, 4) is 11.5 Å². The third-order valence-electron chi connectivity index (χ3n) is 3.66. The van der Waals surface area contributed by atoms with Gasteiger partial charge >= 0.3 is 0 Å². The number of carbonyl (C=O) groups excluding carboxylic acids is 1. The number of para-hydroxylation sites is 1. The fraction of sp³-hybridized carbons (Fsp3) is 0.235. The first-order chi connectivity index (χ1) is 9.72. The van der Waals surface area contributed by atoms with Crippen molar-refractivity contribution in [2.75, 3.05) is 0 Å². The highest BCUT2D eigenvalue weighted by Gasteiger charge is 2.32. The van der Waals surface area contributed by atoms with Crippen LogP contribution in [0.1, 0.15) is 23.2 Å². The summed E-state index contributed by atoms with van der Waals surface area (Å²) in [5.74, 6) is 1.82. The van der Waals surface area contributed by atoms with Gasteiger partial charge in [-0.2, -0.15) is 0 Å². The van der Waals surface area contributed by atoms with Crippen LogP contribution in [0.3, 0.4) is 0 Å². The van der Waals surface area contributed by atoms with E-state index in [1.54, 1.807) is 0 Å². The summed E-state index contributed by atoms with van der Waals surface area (Å²) >= 11 is 0. The Morgan fingerprint density at radius 3 is 2.15 bits per heavy atom. The van der Waals surface area contributed by atoms with E-state index in [4.69, 9.17) is 10.5 Å². The number of hydrogen-bond donors (Lipinski definition) is 1. The van der Waals surface area contributed by atoms with E-state index in [1.165, 1.54) is 0 Å². The molecule has 0 spiro atoms. The van der Waals surface area contributed by atoms with Crippen LogP contribution in [0, 0.1) is 5.92 Å². The number of nitrogens with two attached hydrogens (primary N) is 1. The standard InChI is InChI=1S/C17H17NO2/c18-14-10-13(11-14)17(19)12-6-8-16(9-7-12)20-15-4-2-1-3-5-15/h1-9,13-14H,10-11,18H2. The van der Waals surface area contributed by atoms with E-state index in [2.05, 4.69) is 0 Å². The summed E-state index contributed by atoms with van der Waals surface area (Å²) in [7, 11) is 0. The number of rotatable bonds is 4. The van der Waals surface area contributed by atoms with Crippen molar-refractivity contribution in [3.05, 3.63) is 60.2 Å². The lowest BCUT2D eigenvalue weighted by Crippen LogP contribution is -2.40. The van der Waals surface area contributed by atoms with Gasteiger partial charge in [0.15, 0.2) is 5.78 Å². The van der Waals surface area contributed by atoms with E-state index >= 15 is 0 Å². The van der Waals surface area contributed by atoms with Gasteiger partial charge in [-0.3, -0.25) is 4.79 Å². The molecule has 1 fully saturated rings. The Morgan fingerprint density at radius 1 is 0.950 bits per heavy atom. The van der Waals surface area contributed by atoms with Crippen LogP contribution in [0.25, 0.3) is 0 Å². The highest BCUT2D eigenvalue weighted by molar-refractivity contribution is 5.98. The quantitative estimate of drug-likeness (QED) is 0.864. The second-order valence-corrected chi connectivity index (χ2v) is 5.23. The van der Waals surface area contributed by atoms with Crippen LogP contribution >= 0.6 is 0 Å². The average Bonchev–Trinajstić information content (AvgIpc) is 2.45. The minimum atomic E-state index is 0.103. The fourth-order valence-corrected chi connectivity index (χ4v) is 2.42. The average molecular weight is 267 g/mol. The highest BCUT2D eigenvalue weighted by atomic mass is 16.5. The number of hydrogen-bond acceptors (Lipinski definition) is 3. The first-order valence-corrected chi connectivity index (χ1v) is 6.85. The zero-order valence-electron chi connectivity index (χ0n) is 11.2. The Kier molecular flexibility index (Phi) is 3.52. The van der Waals surface area contributed by atoms with Crippen LogP contribution in [0.2, 0.25) is 0 Å². The van der Waals surface area contributed by atoms with Crippen LogP contribution < -0.4 is 10.5 Å². The third-order valence-corrected chi connectivity index (χ3v) is 3.66. The Hall–Kier alpha value is -2.13. The lowest BCUT2D eigenvalue weighted by Gasteiger charge is -2.31. The molecular weight excluding hydrogens is 250 g/mol. The molecule has 0 saturated heterocycles. The number of ether oxygens (including phenoxy) is 1. The molecule has 2 aromatic rings. The van der Waals surface area contributed by atoms with E-state index in [0.29, 0.717) is 0 Å². The van der Waals surface area contributed by atoms with Crippen LogP contribution in [0.4, 0.5) is 0 Å². The van der Waals surface area contributed by atoms with E-state index in [-0.39, 0.29) is 17.7 Å². The van der Waals surface area contributed by atoms with Gasteiger partial charge in [-0.25, -0.2) is 0 Å². The predicted molar refractivity (Wildman–Crippen MR) is 78.0 cm³/mol. The van der Waals surface area contributed by atoms with Crippen molar-refractivity contribution in [1.29, 1.82) is 0 Å². The Morgan fingerprint density at radius 2 is 1.55 bits per heavy atom. The maximum Gasteiger partial charge on any atom is 0.166 e. The minimum absolute atomic E-state index is 0.103. The summed E-state index contributed by atoms with van der Waals surface area (Å²) in [5, 5.41) is 0. The Balaban J connectivity index is 1.67. The van der Waals surface area contributed by atoms with E-state index in [1.807, 2.05) is 54.6 Å². The number of benzene rings is 2. The third kappa shape index (κ3) is 2.73. The Labute approximate surface area is 118 Å². The number of Topliss-reactive ketones (excluding diaryl/α,β-unsaturated/α-hetero) is 1. The molecule has 3 rings (SSSR count). The van der Waals surface area contributed by atoms with Crippen LogP contribution in [-0.2, 0) is 0 Å². The molecule has 0 amide bonds. The largest absolute Gasteiger partial charge is 0.457 e. The lowest BCUT2D eigenvalue weighted by atomic mass is 9.76. The van der Waals surface area contributed by atoms with E-state index in [0.717, 1.165) is 29.9 Å². The molecule has 0 heterocycles. The molecule has 2 aromatic carbocycles. The lowest BCUT2D eigenvalue weighted by molar-refractivity contribution is 0.0832. The van der Waals surface area contributed by atoms with Gasteiger partial charge in [0.2, 0.25) is 0 Å². The van der Waals surface area contributed by atoms with Crippen molar-refractivity contribution in [2.45, 2.75) is 18.9 Å². The van der Waals surface area contributed by atoms with Crippen molar-refractivity contribution in [1.82, 2.24) is 0 Å². The molecule has 2 N–H and O–H groups in total. The van der Waals surface area contributed by atoms with Gasteiger partial charge in [0, 0.05) is 17.5 Å². The molecule has 0 aromatic heterocycles. The zero-order chi connectivity index (χ0) is 13.9. The SMILES string of the molecule is NC1CC(C(=O)c2ccc(Oc3ccccc3)cc2)C1. The van der Waals surface area contributed by atoms with Crippen LogP contribution in [-0.4, -0.2) is 11.8 Å². The summed E-state index contributed by atoms with van der Waals surface area (Å²) in [4.78, 5) is 12.1. The zero-order valence-corrected chi connectivity index (χ0v) is 11.2. The molecule has 0 bridgehead atoms. The summed E-state index contributed by atoms with van der Waals surface area (Å²) < 4.78 is 5.70. The molecule has 3 nitrogen and oxygen atoms in total. The molecule has 3 heteroatoms. The van der Waals surface area contributed by atoms with Gasteiger partial charge in [-0.1, -0.05) is 18.2 Å². The number of ketones is 1. The van der Waals surface area contributed by atoms with Gasteiger partial charge < -0.3 is 10.5 Å². The highest BCUT2D eigenvalue weighted by Crippen LogP contribution is 2.30. The first kappa shape index (κ1) is 12.9. The maximum atomic E-state index is 12.1. The monoisotopic (exact) mass is 267 g/mol. The van der Waals surface area contributed by atoms with Crippen LogP contribution in [0.5, 0.6) is 11.5 Å². The maximum absolute atomic E-state index is 12.1. The molecule has 0 unspecified atom stereocenters. The van der Waals surface area contributed by atoms with Gasteiger partial charge in [0.1, 0.15) is 11.5 Å². The molecule has 1 saturated carbocycles. The smallest absolute Gasteiger partial charge is 0.166 e. The molecule has 0 radical (unpaired) electrons. The summed E-state index contributed by atoms with van der Waals surface area (Å²) in [6.45, 7) is 0. The molecule has 0 atom stereocenters. The molecule has 1 aliphatic rings. The van der Waals surface area contributed by atoms with Gasteiger partial charge in [0.25, 0.3) is 0 Å². The summed E-state index contributed by atoms with van der Waals surface area (Å²) in [6.07, 6.45) is 1.61. The van der Waals surface area contributed by atoms with E-state index < -0.39 is 0 Å². The molecule has 0 aliphatic heterocycles. The van der Waals surface area contributed by atoms with Crippen molar-refractivity contribution >= 4 is 5.78 Å². The molecule has 20 heavy (non-hydrogen) atoms. The van der Waals surface area contributed by atoms with Crippen molar-refractivity contribution in [2.24, 2.45) is 11.7 Å². The second kappa shape index (κ2) is 5.47. The van der Waals surface area contributed by atoms with Crippen molar-refractivity contribution < 1.29 is 9.53 Å². The fourth-order valence-electron chi connectivity index (χ4n) is 2.42. The predicted octanol–water partition coefficient (Wildman–Crippen LogP) is 3.40. The van der Waals surface area contributed by atoms with Gasteiger partial charge in [-0.15, -0.1) is 0 Å². The normalized spacial score (nSPS) is 21.1. The molecular formula is C17H17NO2. The minimum Gasteiger partial charge on any atom is -0.457 e. The van der Waals surface area contributed by atoms with Crippen molar-refractivity contribution in [3.63, 3.8) is 0 Å². The Bertz CT molecular complexity index is 586. The van der Waals surface area contributed by atoms with Gasteiger partial charge in [0.05, 0.1) is 0 Å². The molecule has 102 valence electrons.